The number of amides is 2. The van der Waals surface area contributed by atoms with Gasteiger partial charge in [-0.25, -0.2) is 0 Å². The molecule has 8 nitrogen and oxygen atoms in total. The number of hydrogen-bond donors (Lipinski definition) is 1. The molecule has 4 atom stereocenters. The highest BCUT2D eigenvalue weighted by molar-refractivity contribution is 6.04. The number of carbonyl (C=O) groups is 2. The van der Waals surface area contributed by atoms with Gasteiger partial charge in [-0.05, 0) is 58.7 Å². The van der Waals surface area contributed by atoms with Crippen molar-refractivity contribution in [1.29, 1.82) is 0 Å². The molecule has 5 rings (SSSR count). The summed E-state index contributed by atoms with van der Waals surface area (Å²) in [6, 6.07) is 7.53. The van der Waals surface area contributed by atoms with Crippen molar-refractivity contribution < 1.29 is 14.0 Å². The summed E-state index contributed by atoms with van der Waals surface area (Å²) in [6.07, 6.45) is 5.74. The van der Waals surface area contributed by atoms with Crippen LogP contribution >= 0.6 is 0 Å². The summed E-state index contributed by atoms with van der Waals surface area (Å²) in [4.78, 5) is 37.3. The fourth-order valence-corrected chi connectivity index (χ4v) is 6.47. The maximum Gasteiger partial charge on any atom is 0.299 e. The minimum atomic E-state index is -0.0727. The first-order chi connectivity index (χ1) is 16.7. The van der Waals surface area contributed by atoms with E-state index in [2.05, 4.69) is 36.0 Å². The van der Waals surface area contributed by atoms with Gasteiger partial charge in [0.25, 0.3) is 11.9 Å². The molecular formula is C27H39N5O3. The Morgan fingerprint density at radius 1 is 1.09 bits per heavy atom. The zero-order valence-corrected chi connectivity index (χ0v) is 21.7. The number of piperidine rings is 2. The second kappa shape index (κ2) is 9.45. The highest BCUT2D eigenvalue weighted by atomic mass is 16.4. The Kier molecular flexibility index (Phi) is 6.51. The molecule has 2 amide bonds. The van der Waals surface area contributed by atoms with Crippen molar-refractivity contribution in [3.8, 4) is 0 Å². The van der Waals surface area contributed by atoms with Gasteiger partial charge < -0.3 is 24.4 Å². The van der Waals surface area contributed by atoms with E-state index in [1.807, 2.05) is 36.9 Å². The number of piperazine rings is 1. The van der Waals surface area contributed by atoms with E-state index in [4.69, 9.17) is 9.40 Å². The number of rotatable bonds is 4. The summed E-state index contributed by atoms with van der Waals surface area (Å²) >= 11 is 0. The number of para-hydroxylation sites is 1. The second-order valence-corrected chi connectivity index (χ2v) is 11.2. The van der Waals surface area contributed by atoms with Gasteiger partial charge in [-0.2, -0.15) is 4.98 Å². The molecule has 0 radical (unpaired) electrons. The number of oxazole rings is 1. The molecule has 2 unspecified atom stereocenters. The molecular weight excluding hydrogens is 442 g/mol. The number of nitrogens with zero attached hydrogens (tertiary/aromatic N) is 4. The minimum absolute atomic E-state index is 0.0181. The lowest BCUT2D eigenvalue weighted by Gasteiger charge is -2.47. The molecule has 35 heavy (non-hydrogen) atoms. The quantitative estimate of drug-likeness (QED) is 0.718. The molecule has 3 fully saturated rings. The zero-order chi connectivity index (χ0) is 24.9. The minimum Gasteiger partial charge on any atom is -0.423 e. The van der Waals surface area contributed by atoms with Crippen molar-refractivity contribution >= 4 is 28.9 Å². The van der Waals surface area contributed by atoms with Gasteiger partial charge in [0.2, 0.25) is 5.91 Å². The van der Waals surface area contributed by atoms with Crippen LogP contribution in [0.5, 0.6) is 0 Å². The molecule has 2 aromatic rings. The van der Waals surface area contributed by atoms with Crippen molar-refractivity contribution in [2.24, 2.45) is 5.92 Å². The standard InChI is InChI=1S/C27H39N5O3/c1-16(2)26(34)31-14-17(3)32(18(4)15-31)27-29-24-22(10-7-11-23(24)35-27)25(33)28-19-12-20-8-6-9-21(13-19)30(20)5/h7,10-11,16-21H,6,8-9,12-15H2,1-5H3,(H,28,33)/t17-,18-,19?,20?,21?/m0/s1. The highest BCUT2D eigenvalue weighted by Crippen LogP contribution is 2.33. The zero-order valence-electron chi connectivity index (χ0n) is 21.7. The van der Waals surface area contributed by atoms with E-state index in [9.17, 15) is 9.59 Å². The number of carbonyl (C=O) groups excluding carboxylic acids is 2. The van der Waals surface area contributed by atoms with Gasteiger partial charge in [0.1, 0.15) is 5.52 Å². The number of nitrogens with one attached hydrogen (secondary N) is 1. The monoisotopic (exact) mass is 481 g/mol. The molecule has 0 saturated carbocycles. The number of hydrogen-bond acceptors (Lipinski definition) is 6. The van der Waals surface area contributed by atoms with Crippen LogP contribution in [0, 0.1) is 5.92 Å². The summed E-state index contributed by atoms with van der Waals surface area (Å²) in [5.41, 5.74) is 1.79. The van der Waals surface area contributed by atoms with Gasteiger partial charge in [-0.1, -0.05) is 26.3 Å². The van der Waals surface area contributed by atoms with Gasteiger partial charge in [0.15, 0.2) is 5.58 Å². The first-order valence-corrected chi connectivity index (χ1v) is 13.2. The topological polar surface area (TPSA) is 81.9 Å². The molecule has 2 bridgehead atoms. The molecule has 3 saturated heterocycles. The Bertz CT molecular complexity index is 1070. The van der Waals surface area contributed by atoms with Crippen LogP contribution in [-0.2, 0) is 4.79 Å². The molecule has 0 spiro atoms. The van der Waals surface area contributed by atoms with Crippen molar-refractivity contribution in [2.45, 2.75) is 90.0 Å². The Hall–Kier alpha value is -2.61. The van der Waals surface area contributed by atoms with Gasteiger partial charge >= 0.3 is 0 Å². The van der Waals surface area contributed by atoms with Crippen LogP contribution in [0.3, 0.4) is 0 Å². The first kappa shape index (κ1) is 24.1. The fourth-order valence-electron chi connectivity index (χ4n) is 6.47. The highest BCUT2D eigenvalue weighted by Gasteiger charge is 2.38. The van der Waals surface area contributed by atoms with Gasteiger partial charge in [0, 0.05) is 49.2 Å². The average Bonchev–Trinajstić information content (AvgIpc) is 3.22. The average molecular weight is 482 g/mol. The number of anilines is 1. The predicted molar refractivity (Wildman–Crippen MR) is 137 cm³/mol. The molecule has 1 aromatic carbocycles. The number of aromatic nitrogens is 1. The van der Waals surface area contributed by atoms with Crippen LogP contribution in [-0.4, -0.2) is 76.9 Å². The summed E-state index contributed by atoms with van der Waals surface area (Å²) < 4.78 is 6.17. The largest absolute Gasteiger partial charge is 0.423 e. The molecule has 190 valence electrons. The van der Waals surface area contributed by atoms with Crippen LogP contribution < -0.4 is 10.2 Å². The molecule has 1 aromatic heterocycles. The summed E-state index contributed by atoms with van der Waals surface area (Å²) in [6.45, 7) is 9.33. The smallest absolute Gasteiger partial charge is 0.299 e. The second-order valence-electron chi connectivity index (χ2n) is 11.2. The lowest BCUT2D eigenvalue weighted by atomic mass is 9.82. The Balaban J connectivity index is 1.34. The molecule has 1 N–H and O–H groups in total. The molecule has 3 aliphatic rings. The first-order valence-electron chi connectivity index (χ1n) is 13.2. The third-order valence-corrected chi connectivity index (χ3v) is 8.27. The van der Waals surface area contributed by atoms with Crippen LogP contribution in [0.15, 0.2) is 22.6 Å². The Morgan fingerprint density at radius 3 is 2.37 bits per heavy atom. The van der Waals surface area contributed by atoms with Crippen LogP contribution in [0.2, 0.25) is 0 Å². The van der Waals surface area contributed by atoms with Crippen molar-refractivity contribution in [3.63, 3.8) is 0 Å². The van der Waals surface area contributed by atoms with Crippen LogP contribution in [0.4, 0.5) is 6.01 Å². The Labute approximate surface area is 208 Å². The maximum absolute atomic E-state index is 13.4. The van der Waals surface area contributed by atoms with Crippen molar-refractivity contribution in [3.05, 3.63) is 23.8 Å². The van der Waals surface area contributed by atoms with E-state index in [0.717, 1.165) is 12.8 Å². The van der Waals surface area contributed by atoms with E-state index >= 15 is 0 Å². The van der Waals surface area contributed by atoms with Crippen LogP contribution in [0.1, 0.15) is 70.2 Å². The lowest BCUT2D eigenvalue weighted by Crippen LogP contribution is -2.59. The fraction of sp³-hybridized carbons (Fsp3) is 0.667. The SMILES string of the molecule is CC(C)C(=O)N1C[C@H](C)N(c2nc3c(C(=O)NC4CC5CCCC(C4)N5C)cccc3o2)[C@@H](C)C1. The molecule has 8 heteroatoms. The molecule has 4 heterocycles. The van der Waals surface area contributed by atoms with E-state index in [1.165, 1.54) is 19.3 Å². The van der Waals surface area contributed by atoms with Crippen molar-refractivity contribution in [1.82, 2.24) is 20.1 Å². The summed E-state index contributed by atoms with van der Waals surface area (Å²) in [5, 5.41) is 3.31. The predicted octanol–water partition coefficient (Wildman–Crippen LogP) is 3.65. The van der Waals surface area contributed by atoms with E-state index in [0.29, 0.717) is 47.9 Å². The van der Waals surface area contributed by atoms with Gasteiger partial charge in [0.05, 0.1) is 5.56 Å². The number of benzene rings is 1. The van der Waals surface area contributed by atoms with Crippen molar-refractivity contribution in [2.75, 3.05) is 25.0 Å². The Morgan fingerprint density at radius 2 is 1.74 bits per heavy atom. The normalized spacial score (nSPS) is 29.6. The number of fused-ring (bicyclic) bond motifs is 3. The van der Waals surface area contributed by atoms with E-state index in [1.54, 1.807) is 0 Å². The van der Waals surface area contributed by atoms with E-state index < -0.39 is 0 Å². The van der Waals surface area contributed by atoms with Gasteiger partial charge in [-0.15, -0.1) is 0 Å². The lowest BCUT2D eigenvalue weighted by molar-refractivity contribution is -0.135. The van der Waals surface area contributed by atoms with Gasteiger partial charge in [-0.3, -0.25) is 9.59 Å². The molecule has 3 aliphatic heterocycles. The molecule has 0 aliphatic carbocycles. The maximum atomic E-state index is 13.4. The van der Waals surface area contributed by atoms with Crippen LogP contribution in [0.25, 0.3) is 11.1 Å². The third kappa shape index (κ3) is 4.53. The third-order valence-electron chi connectivity index (χ3n) is 8.27. The van der Waals surface area contributed by atoms with E-state index in [-0.39, 0.29) is 35.9 Å². The summed E-state index contributed by atoms with van der Waals surface area (Å²) in [5.74, 6) is 0.0879. The summed E-state index contributed by atoms with van der Waals surface area (Å²) in [7, 11) is 2.23.